The van der Waals surface area contributed by atoms with Crippen LogP contribution in [0.5, 0.6) is 0 Å². The predicted molar refractivity (Wildman–Crippen MR) is 140 cm³/mol. The number of aliphatic hydroxyl groups is 1. The van der Waals surface area contributed by atoms with Crippen LogP contribution in [0.2, 0.25) is 0 Å². The molecule has 38 heavy (non-hydrogen) atoms. The number of aliphatic hydroxyl groups excluding tert-OH is 1. The molecule has 0 unspecified atom stereocenters. The van der Waals surface area contributed by atoms with Crippen molar-refractivity contribution in [1.82, 2.24) is 20.4 Å². The molecule has 3 saturated heterocycles. The maximum atomic E-state index is 13.8. The van der Waals surface area contributed by atoms with Crippen molar-refractivity contribution in [2.24, 2.45) is 0 Å². The number of benzene rings is 2. The third-order valence-electron chi connectivity index (χ3n) is 7.70. The molecular formula is C29H34N4O5. The molecule has 3 heterocycles. The van der Waals surface area contributed by atoms with Gasteiger partial charge >= 0.3 is 0 Å². The van der Waals surface area contributed by atoms with Gasteiger partial charge in [-0.1, -0.05) is 60.7 Å². The number of fused-ring (bicyclic) bond motifs is 2. The van der Waals surface area contributed by atoms with Gasteiger partial charge in [0.1, 0.15) is 18.1 Å². The second-order valence-electron chi connectivity index (χ2n) is 10.5. The lowest BCUT2D eigenvalue weighted by Gasteiger charge is -2.32. The Hall–Kier alpha value is -3.72. The van der Waals surface area contributed by atoms with E-state index in [-0.39, 0.29) is 43.5 Å². The largest absolute Gasteiger partial charge is 0.391 e. The number of rotatable bonds is 4. The molecule has 4 amide bonds. The van der Waals surface area contributed by atoms with E-state index in [9.17, 15) is 24.3 Å². The van der Waals surface area contributed by atoms with Crippen LogP contribution >= 0.6 is 0 Å². The standard InChI is InChI=1S/C29H34N4O5/c34-22-17-25-29(38)32-13-7-12-24(32)27(36)30-21(14-19-8-3-1-4-9-19)16-26(35)31-23(28(37)33(25)18-22)15-20-10-5-2-6-11-20/h1-6,8-11,21-25,34H,7,12-18H2,(H,30,36)(H,31,35)/t21-,22+,23-,24-,25-/m0/s1. The van der Waals surface area contributed by atoms with Gasteiger partial charge in [-0.05, 0) is 30.4 Å². The maximum absolute atomic E-state index is 13.8. The molecule has 200 valence electrons. The van der Waals surface area contributed by atoms with Crippen LogP contribution in [-0.2, 0) is 32.0 Å². The predicted octanol–water partition coefficient (Wildman–Crippen LogP) is 0.798. The van der Waals surface area contributed by atoms with Gasteiger partial charge in [-0.3, -0.25) is 19.2 Å². The quantitative estimate of drug-likeness (QED) is 0.553. The summed E-state index contributed by atoms with van der Waals surface area (Å²) in [7, 11) is 0. The number of nitrogens with zero attached hydrogens (tertiary/aromatic N) is 2. The molecule has 0 aromatic heterocycles. The Labute approximate surface area is 222 Å². The average molecular weight is 519 g/mol. The molecule has 0 spiro atoms. The molecule has 3 aliphatic heterocycles. The highest BCUT2D eigenvalue weighted by atomic mass is 16.3. The number of amides is 4. The van der Waals surface area contributed by atoms with E-state index in [1.165, 1.54) is 4.90 Å². The molecule has 3 N–H and O–H groups in total. The summed E-state index contributed by atoms with van der Waals surface area (Å²) in [6.45, 7) is 0.428. The molecular weight excluding hydrogens is 484 g/mol. The van der Waals surface area contributed by atoms with Gasteiger partial charge in [0.05, 0.1) is 6.10 Å². The molecule has 5 rings (SSSR count). The third-order valence-corrected chi connectivity index (χ3v) is 7.70. The van der Waals surface area contributed by atoms with Crippen LogP contribution < -0.4 is 10.6 Å². The Kier molecular flexibility index (Phi) is 7.74. The van der Waals surface area contributed by atoms with E-state index in [2.05, 4.69) is 10.6 Å². The van der Waals surface area contributed by atoms with Gasteiger partial charge in [0.25, 0.3) is 0 Å². The number of nitrogens with one attached hydrogen (secondary N) is 2. The summed E-state index contributed by atoms with van der Waals surface area (Å²) in [5.41, 5.74) is 1.84. The van der Waals surface area contributed by atoms with Gasteiger partial charge in [-0.25, -0.2) is 0 Å². The van der Waals surface area contributed by atoms with Crippen molar-refractivity contribution in [2.45, 2.75) is 68.8 Å². The average Bonchev–Trinajstić information content (AvgIpc) is 3.55. The minimum atomic E-state index is -0.909. The lowest BCUT2D eigenvalue weighted by Crippen LogP contribution is -2.56. The van der Waals surface area contributed by atoms with Crippen molar-refractivity contribution in [3.8, 4) is 0 Å². The number of hydrogen-bond acceptors (Lipinski definition) is 5. The molecule has 0 radical (unpaired) electrons. The van der Waals surface area contributed by atoms with E-state index < -0.39 is 36.2 Å². The van der Waals surface area contributed by atoms with Crippen LogP contribution in [-0.4, -0.2) is 81.9 Å². The SMILES string of the molecule is O=C1C[C@H](Cc2ccccc2)NC(=O)[C@@H]2CCCN2C(=O)[C@@H]2C[C@@H](O)CN2C(=O)[C@H](Cc2ccccc2)N1. The van der Waals surface area contributed by atoms with Crippen molar-refractivity contribution in [3.63, 3.8) is 0 Å². The highest BCUT2D eigenvalue weighted by molar-refractivity contribution is 5.96. The van der Waals surface area contributed by atoms with E-state index in [0.717, 1.165) is 11.1 Å². The Balaban J connectivity index is 1.48. The van der Waals surface area contributed by atoms with Crippen LogP contribution in [0.4, 0.5) is 0 Å². The van der Waals surface area contributed by atoms with Crippen LogP contribution in [0, 0.1) is 0 Å². The monoisotopic (exact) mass is 518 g/mol. The summed E-state index contributed by atoms with van der Waals surface area (Å²) < 4.78 is 0. The first-order chi connectivity index (χ1) is 18.4. The number of hydrogen-bond donors (Lipinski definition) is 3. The summed E-state index contributed by atoms with van der Waals surface area (Å²) in [5.74, 6) is -1.37. The van der Waals surface area contributed by atoms with E-state index in [0.29, 0.717) is 25.8 Å². The first-order valence-electron chi connectivity index (χ1n) is 13.4. The van der Waals surface area contributed by atoms with Crippen LogP contribution in [0.15, 0.2) is 60.7 Å². The minimum absolute atomic E-state index is 0.00801. The van der Waals surface area contributed by atoms with Crippen molar-refractivity contribution < 1.29 is 24.3 Å². The minimum Gasteiger partial charge on any atom is -0.391 e. The zero-order valence-electron chi connectivity index (χ0n) is 21.3. The molecule has 9 heteroatoms. The van der Waals surface area contributed by atoms with E-state index in [1.807, 2.05) is 60.7 Å². The van der Waals surface area contributed by atoms with Crippen molar-refractivity contribution in [1.29, 1.82) is 0 Å². The van der Waals surface area contributed by atoms with Gasteiger partial charge in [0.2, 0.25) is 23.6 Å². The molecule has 9 nitrogen and oxygen atoms in total. The molecule has 0 bridgehead atoms. The zero-order chi connectivity index (χ0) is 26.6. The van der Waals surface area contributed by atoms with Gasteiger partial charge < -0.3 is 25.5 Å². The van der Waals surface area contributed by atoms with Crippen LogP contribution in [0.3, 0.4) is 0 Å². The fraction of sp³-hybridized carbons (Fsp3) is 0.448. The second kappa shape index (κ2) is 11.3. The topological polar surface area (TPSA) is 119 Å². The fourth-order valence-electron chi connectivity index (χ4n) is 5.88. The molecule has 3 fully saturated rings. The first kappa shape index (κ1) is 25.9. The normalized spacial score (nSPS) is 28.5. The number of carbonyl (C=O) groups is 4. The third kappa shape index (κ3) is 5.72. The Morgan fingerprint density at radius 3 is 2.13 bits per heavy atom. The second-order valence-corrected chi connectivity index (χ2v) is 10.5. The van der Waals surface area contributed by atoms with E-state index >= 15 is 0 Å². The first-order valence-corrected chi connectivity index (χ1v) is 13.4. The summed E-state index contributed by atoms with van der Waals surface area (Å²) >= 11 is 0. The summed E-state index contributed by atoms with van der Waals surface area (Å²) in [6.07, 6.45) is 1.14. The molecule has 0 aliphatic carbocycles. The van der Waals surface area contributed by atoms with Gasteiger partial charge in [0, 0.05) is 38.4 Å². The van der Waals surface area contributed by atoms with Crippen molar-refractivity contribution in [2.75, 3.05) is 13.1 Å². The smallest absolute Gasteiger partial charge is 0.246 e. The molecule has 2 aromatic carbocycles. The highest BCUT2D eigenvalue weighted by Gasteiger charge is 2.46. The zero-order valence-corrected chi connectivity index (χ0v) is 21.3. The van der Waals surface area contributed by atoms with Gasteiger partial charge in [-0.2, -0.15) is 0 Å². The van der Waals surface area contributed by atoms with Crippen molar-refractivity contribution >= 4 is 23.6 Å². The molecule has 0 saturated carbocycles. The van der Waals surface area contributed by atoms with Gasteiger partial charge in [0.15, 0.2) is 0 Å². The molecule has 5 atom stereocenters. The molecule has 3 aliphatic rings. The van der Waals surface area contributed by atoms with E-state index in [4.69, 9.17) is 0 Å². The fourth-order valence-corrected chi connectivity index (χ4v) is 5.88. The number of carbonyl (C=O) groups excluding carboxylic acids is 4. The Bertz CT molecular complexity index is 1170. The molecule has 2 aromatic rings. The van der Waals surface area contributed by atoms with Crippen molar-refractivity contribution in [3.05, 3.63) is 71.8 Å². The maximum Gasteiger partial charge on any atom is 0.246 e. The summed E-state index contributed by atoms with van der Waals surface area (Å²) in [5, 5.41) is 16.4. The lowest BCUT2D eigenvalue weighted by molar-refractivity contribution is -0.147. The van der Waals surface area contributed by atoms with Crippen LogP contribution in [0.25, 0.3) is 0 Å². The van der Waals surface area contributed by atoms with Crippen LogP contribution in [0.1, 0.15) is 36.8 Å². The van der Waals surface area contributed by atoms with E-state index in [1.54, 1.807) is 4.90 Å². The Morgan fingerprint density at radius 2 is 1.45 bits per heavy atom. The summed E-state index contributed by atoms with van der Waals surface area (Å²) in [4.78, 5) is 57.2. The highest BCUT2D eigenvalue weighted by Crippen LogP contribution is 2.27. The lowest BCUT2D eigenvalue weighted by atomic mass is 10.0. The summed E-state index contributed by atoms with van der Waals surface area (Å²) in [6, 6.07) is 16.0. The van der Waals surface area contributed by atoms with Gasteiger partial charge in [-0.15, -0.1) is 0 Å². The Morgan fingerprint density at radius 1 is 0.789 bits per heavy atom.